The molecule has 0 fully saturated rings. The zero-order valence-corrected chi connectivity index (χ0v) is 13.8. The van der Waals surface area contributed by atoms with E-state index < -0.39 is 27.9 Å². The maximum absolute atomic E-state index is 11.7. The molecular weight excluding hydrogens is 282 g/mol. The molecule has 1 amide bonds. The molecule has 0 aromatic heterocycles. The standard InChI is InChI=1S/C13H25NO5S/c1-7-18-20(16,17)9-8-11(10(2)3)14-12(15)19-13(4,5)6/h8-11H,7H2,1-6H3,(H,14,15)/b9-8+. The first kappa shape index (κ1) is 18.9. The van der Waals surface area contributed by atoms with Crippen molar-refractivity contribution in [3.05, 3.63) is 11.5 Å². The zero-order chi connectivity index (χ0) is 16.0. The van der Waals surface area contributed by atoms with Crippen LogP contribution in [0, 0.1) is 5.92 Å². The van der Waals surface area contributed by atoms with E-state index in [1.54, 1.807) is 27.7 Å². The van der Waals surface area contributed by atoms with Crippen molar-refractivity contribution in [2.24, 2.45) is 5.92 Å². The summed E-state index contributed by atoms with van der Waals surface area (Å²) in [7, 11) is -3.70. The Morgan fingerprint density at radius 2 is 1.85 bits per heavy atom. The van der Waals surface area contributed by atoms with Crippen molar-refractivity contribution in [1.29, 1.82) is 0 Å². The molecule has 0 bridgehead atoms. The predicted molar refractivity (Wildman–Crippen MR) is 77.7 cm³/mol. The SMILES string of the molecule is CCOS(=O)(=O)/C=C/C(NC(=O)OC(C)(C)C)C(C)C. The van der Waals surface area contributed by atoms with Crippen molar-refractivity contribution in [3.63, 3.8) is 0 Å². The number of rotatable bonds is 6. The van der Waals surface area contributed by atoms with Crippen LogP contribution in [0.1, 0.15) is 41.5 Å². The highest BCUT2D eigenvalue weighted by atomic mass is 32.2. The summed E-state index contributed by atoms with van der Waals surface area (Å²) in [6, 6.07) is -0.458. The van der Waals surface area contributed by atoms with Crippen molar-refractivity contribution < 1.29 is 22.1 Å². The van der Waals surface area contributed by atoms with Crippen LogP contribution in [-0.4, -0.2) is 32.8 Å². The van der Waals surface area contributed by atoms with Gasteiger partial charge in [-0.15, -0.1) is 0 Å². The Balaban J connectivity index is 4.76. The van der Waals surface area contributed by atoms with Gasteiger partial charge in [0.1, 0.15) is 5.60 Å². The summed E-state index contributed by atoms with van der Waals surface area (Å²) in [6.45, 7) is 10.6. The Bertz CT molecular complexity index is 434. The quantitative estimate of drug-likeness (QED) is 0.762. The van der Waals surface area contributed by atoms with Gasteiger partial charge < -0.3 is 10.1 Å². The van der Waals surface area contributed by atoms with Gasteiger partial charge in [0.05, 0.1) is 18.1 Å². The molecular formula is C13H25NO5S. The van der Waals surface area contributed by atoms with E-state index in [0.717, 1.165) is 5.41 Å². The second-order valence-electron chi connectivity index (χ2n) is 5.64. The first-order chi connectivity index (χ1) is 8.97. The van der Waals surface area contributed by atoms with Gasteiger partial charge in [-0.05, 0) is 39.7 Å². The molecule has 0 aliphatic heterocycles. The van der Waals surface area contributed by atoms with Crippen molar-refractivity contribution in [1.82, 2.24) is 5.32 Å². The van der Waals surface area contributed by atoms with Crippen LogP contribution >= 0.6 is 0 Å². The fraction of sp³-hybridized carbons (Fsp3) is 0.769. The number of nitrogens with one attached hydrogen (secondary N) is 1. The third kappa shape index (κ3) is 8.92. The van der Waals surface area contributed by atoms with Gasteiger partial charge in [-0.25, -0.2) is 4.79 Å². The molecule has 118 valence electrons. The summed E-state index contributed by atoms with van der Waals surface area (Å²) in [5, 5.41) is 3.58. The Kier molecular flexibility index (Phi) is 7.22. The molecule has 1 N–H and O–H groups in total. The van der Waals surface area contributed by atoms with Crippen molar-refractivity contribution in [3.8, 4) is 0 Å². The summed E-state index contributed by atoms with van der Waals surface area (Å²) in [6.07, 6.45) is 0.800. The Morgan fingerprint density at radius 1 is 1.30 bits per heavy atom. The number of carbonyl (C=O) groups is 1. The summed E-state index contributed by atoms with van der Waals surface area (Å²) in [4.78, 5) is 11.7. The predicted octanol–water partition coefficient (Wildman–Crippen LogP) is 2.42. The van der Waals surface area contributed by atoms with Gasteiger partial charge >= 0.3 is 6.09 Å². The molecule has 20 heavy (non-hydrogen) atoms. The monoisotopic (exact) mass is 307 g/mol. The largest absolute Gasteiger partial charge is 0.444 e. The van der Waals surface area contributed by atoms with Crippen LogP contribution in [-0.2, 0) is 19.0 Å². The fourth-order valence-electron chi connectivity index (χ4n) is 1.27. The molecule has 0 heterocycles. The summed E-state index contributed by atoms with van der Waals surface area (Å²) < 4.78 is 32.6. The molecule has 7 heteroatoms. The number of ether oxygens (including phenoxy) is 1. The molecule has 6 nitrogen and oxygen atoms in total. The number of hydrogen-bond acceptors (Lipinski definition) is 5. The van der Waals surface area contributed by atoms with Gasteiger partial charge in [0.2, 0.25) is 0 Å². The highest BCUT2D eigenvalue weighted by Crippen LogP contribution is 2.10. The second-order valence-corrected chi connectivity index (χ2v) is 7.14. The lowest BCUT2D eigenvalue weighted by atomic mass is 10.1. The molecule has 0 aliphatic carbocycles. The normalized spacial score (nSPS) is 14.6. The minimum absolute atomic E-state index is 0.00981. The highest BCUT2D eigenvalue weighted by Gasteiger charge is 2.20. The van der Waals surface area contributed by atoms with E-state index in [9.17, 15) is 13.2 Å². The maximum atomic E-state index is 11.7. The molecule has 0 spiro atoms. The van der Waals surface area contributed by atoms with Crippen molar-refractivity contribution in [2.75, 3.05) is 6.61 Å². The van der Waals surface area contributed by atoms with E-state index >= 15 is 0 Å². The maximum Gasteiger partial charge on any atom is 0.408 e. The van der Waals surface area contributed by atoms with Crippen LogP contribution in [0.15, 0.2) is 11.5 Å². The minimum atomic E-state index is -3.70. The molecule has 0 aliphatic rings. The van der Waals surface area contributed by atoms with E-state index in [0.29, 0.717) is 0 Å². The highest BCUT2D eigenvalue weighted by molar-refractivity contribution is 7.89. The Labute approximate surface area is 121 Å². The second kappa shape index (κ2) is 7.64. The van der Waals surface area contributed by atoms with Gasteiger partial charge in [-0.1, -0.05) is 13.8 Å². The molecule has 0 saturated heterocycles. The van der Waals surface area contributed by atoms with Gasteiger partial charge in [-0.3, -0.25) is 4.18 Å². The molecule has 0 saturated carbocycles. The molecule has 1 unspecified atom stereocenters. The molecule has 0 rings (SSSR count). The van der Waals surface area contributed by atoms with Crippen LogP contribution in [0.25, 0.3) is 0 Å². The van der Waals surface area contributed by atoms with Gasteiger partial charge in [0.15, 0.2) is 0 Å². The topological polar surface area (TPSA) is 81.7 Å². The van der Waals surface area contributed by atoms with E-state index in [1.165, 1.54) is 6.08 Å². The van der Waals surface area contributed by atoms with Crippen molar-refractivity contribution in [2.45, 2.75) is 53.2 Å². The first-order valence-electron chi connectivity index (χ1n) is 6.54. The van der Waals surface area contributed by atoms with E-state index in [-0.39, 0.29) is 12.5 Å². The smallest absolute Gasteiger partial charge is 0.408 e. The lowest BCUT2D eigenvalue weighted by molar-refractivity contribution is 0.0504. The molecule has 0 aromatic rings. The number of amides is 1. The third-order valence-electron chi connectivity index (χ3n) is 2.14. The van der Waals surface area contributed by atoms with Crippen LogP contribution in [0.5, 0.6) is 0 Å². The van der Waals surface area contributed by atoms with Crippen LogP contribution in [0.4, 0.5) is 4.79 Å². The fourth-order valence-corrected chi connectivity index (χ4v) is 2.03. The average Bonchev–Trinajstić information content (AvgIpc) is 2.21. The van der Waals surface area contributed by atoms with E-state index in [4.69, 9.17) is 4.74 Å². The molecule has 1 atom stereocenters. The Hall–Kier alpha value is -1.08. The lowest BCUT2D eigenvalue weighted by Gasteiger charge is -2.23. The first-order valence-corrected chi connectivity index (χ1v) is 8.01. The minimum Gasteiger partial charge on any atom is -0.444 e. The summed E-state index contributed by atoms with van der Waals surface area (Å²) in [5.41, 5.74) is -0.604. The lowest BCUT2D eigenvalue weighted by Crippen LogP contribution is -2.40. The third-order valence-corrected chi connectivity index (χ3v) is 3.19. The number of alkyl carbamates (subject to hydrolysis) is 1. The number of hydrogen-bond donors (Lipinski definition) is 1. The van der Waals surface area contributed by atoms with Gasteiger partial charge in [-0.2, -0.15) is 8.42 Å². The average molecular weight is 307 g/mol. The Morgan fingerprint density at radius 3 is 2.25 bits per heavy atom. The summed E-state index contributed by atoms with van der Waals surface area (Å²) in [5.74, 6) is 0.00981. The van der Waals surface area contributed by atoms with Crippen LogP contribution < -0.4 is 5.32 Å². The van der Waals surface area contributed by atoms with E-state index in [1.807, 2.05) is 13.8 Å². The molecule has 0 radical (unpaired) electrons. The zero-order valence-electron chi connectivity index (χ0n) is 13.0. The van der Waals surface area contributed by atoms with Gasteiger partial charge in [0.25, 0.3) is 10.1 Å². The number of carbonyl (C=O) groups excluding carboxylic acids is 1. The van der Waals surface area contributed by atoms with Crippen LogP contribution in [0.2, 0.25) is 0 Å². The molecule has 0 aromatic carbocycles. The van der Waals surface area contributed by atoms with Crippen LogP contribution in [0.3, 0.4) is 0 Å². The summed E-state index contributed by atoms with van der Waals surface area (Å²) >= 11 is 0. The van der Waals surface area contributed by atoms with E-state index in [2.05, 4.69) is 9.50 Å². The van der Waals surface area contributed by atoms with Crippen molar-refractivity contribution >= 4 is 16.2 Å². The van der Waals surface area contributed by atoms with Gasteiger partial charge in [0, 0.05) is 0 Å².